The van der Waals surface area contributed by atoms with Gasteiger partial charge in [-0.25, -0.2) is 8.42 Å². The van der Waals surface area contributed by atoms with E-state index in [1.807, 2.05) is 0 Å². The first-order chi connectivity index (χ1) is 9.57. The first-order valence-corrected chi connectivity index (χ1v) is 9.68. The molecule has 1 aromatic carbocycles. The predicted molar refractivity (Wildman–Crippen MR) is 88.3 cm³/mol. The van der Waals surface area contributed by atoms with E-state index in [0.29, 0.717) is 28.1 Å². The number of amides is 1. The molecule has 0 aliphatic rings. The van der Waals surface area contributed by atoms with Crippen LogP contribution in [0.3, 0.4) is 0 Å². The average Bonchev–Trinajstić information content (AvgIpc) is 2.39. The van der Waals surface area contributed by atoms with Crippen LogP contribution in [0.5, 0.6) is 0 Å². The zero-order chi connectivity index (χ0) is 16.4. The SMILES string of the molecule is CCC(C)CN(C)C(=O)c1cc(C)c(Br)c(S(=O)(=O)Cl)c1. The molecule has 0 bridgehead atoms. The highest BCUT2D eigenvalue weighted by Crippen LogP contribution is 2.30. The summed E-state index contributed by atoms with van der Waals surface area (Å²) in [5, 5.41) is 0. The van der Waals surface area contributed by atoms with Crippen LogP contribution < -0.4 is 0 Å². The number of halogens is 2. The fraction of sp³-hybridized carbons (Fsp3) is 0.500. The molecule has 1 unspecified atom stereocenters. The fourth-order valence-electron chi connectivity index (χ4n) is 1.94. The number of hydrogen-bond acceptors (Lipinski definition) is 3. The van der Waals surface area contributed by atoms with E-state index >= 15 is 0 Å². The molecular formula is C14H19BrClNO3S. The maximum atomic E-state index is 12.4. The third-order valence-corrected chi connectivity index (χ3v) is 6.02. The number of nitrogens with zero attached hydrogens (tertiary/aromatic N) is 1. The summed E-state index contributed by atoms with van der Waals surface area (Å²) < 4.78 is 23.6. The summed E-state index contributed by atoms with van der Waals surface area (Å²) in [4.78, 5) is 13.9. The lowest BCUT2D eigenvalue weighted by atomic mass is 10.1. The Morgan fingerprint density at radius 3 is 2.48 bits per heavy atom. The van der Waals surface area contributed by atoms with E-state index < -0.39 is 9.05 Å². The fourth-order valence-corrected chi connectivity index (χ4v) is 4.09. The van der Waals surface area contributed by atoms with Gasteiger partial charge in [0.15, 0.2) is 0 Å². The van der Waals surface area contributed by atoms with Crippen molar-refractivity contribution in [2.75, 3.05) is 13.6 Å². The molecule has 0 radical (unpaired) electrons. The number of rotatable bonds is 5. The lowest BCUT2D eigenvalue weighted by Gasteiger charge is -2.21. The van der Waals surface area contributed by atoms with Crippen molar-refractivity contribution in [1.29, 1.82) is 0 Å². The van der Waals surface area contributed by atoms with Crippen LogP contribution in [-0.2, 0) is 9.05 Å². The van der Waals surface area contributed by atoms with Crippen LogP contribution in [0, 0.1) is 12.8 Å². The van der Waals surface area contributed by atoms with Crippen LogP contribution in [0.25, 0.3) is 0 Å². The number of carbonyl (C=O) groups is 1. The molecule has 21 heavy (non-hydrogen) atoms. The van der Waals surface area contributed by atoms with E-state index in [9.17, 15) is 13.2 Å². The van der Waals surface area contributed by atoms with E-state index in [1.165, 1.54) is 6.07 Å². The van der Waals surface area contributed by atoms with E-state index in [4.69, 9.17) is 10.7 Å². The minimum atomic E-state index is -3.91. The smallest absolute Gasteiger partial charge is 0.262 e. The Bertz CT molecular complexity index is 646. The van der Waals surface area contributed by atoms with Crippen LogP contribution >= 0.6 is 26.6 Å². The van der Waals surface area contributed by atoms with Gasteiger partial charge in [-0.3, -0.25) is 4.79 Å². The van der Waals surface area contributed by atoms with Crippen LogP contribution in [-0.4, -0.2) is 32.8 Å². The lowest BCUT2D eigenvalue weighted by molar-refractivity contribution is 0.0774. The van der Waals surface area contributed by atoms with Crippen LogP contribution in [0.1, 0.15) is 36.2 Å². The maximum absolute atomic E-state index is 12.4. The van der Waals surface area contributed by atoms with E-state index in [-0.39, 0.29) is 10.8 Å². The van der Waals surface area contributed by atoms with E-state index in [0.717, 1.165) is 6.42 Å². The zero-order valence-corrected chi connectivity index (χ0v) is 15.6. The van der Waals surface area contributed by atoms with Crippen molar-refractivity contribution in [2.24, 2.45) is 5.92 Å². The quantitative estimate of drug-likeness (QED) is 0.711. The highest BCUT2D eigenvalue weighted by Gasteiger charge is 2.21. The molecule has 0 aliphatic heterocycles. The summed E-state index contributed by atoms with van der Waals surface area (Å²) in [6, 6.07) is 2.97. The average molecular weight is 397 g/mol. The molecule has 1 rings (SSSR count). The van der Waals surface area contributed by atoms with Gasteiger partial charge in [-0.2, -0.15) is 0 Å². The number of benzene rings is 1. The van der Waals surface area contributed by atoms with Gasteiger partial charge in [-0.05, 0) is 46.5 Å². The Morgan fingerprint density at radius 2 is 2.00 bits per heavy atom. The lowest BCUT2D eigenvalue weighted by Crippen LogP contribution is -2.31. The summed E-state index contributed by atoms with van der Waals surface area (Å²) in [7, 11) is 3.21. The van der Waals surface area contributed by atoms with Gasteiger partial charge in [0.05, 0.1) is 4.90 Å². The molecule has 0 saturated heterocycles. The molecule has 0 N–H and O–H groups in total. The number of carbonyl (C=O) groups excluding carboxylic acids is 1. The third-order valence-electron chi connectivity index (χ3n) is 3.36. The molecule has 0 spiro atoms. The van der Waals surface area contributed by atoms with Crippen LogP contribution in [0.4, 0.5) is 0 Å². The highest BCUT2D eigenvalue weighted by atomic mass is 79.9. The van der Waals surface area contributed by atoms with Crippen LogP contribution in [0.15, 0.2) is 21.5 Å². The molecule has 4 nitrogen and oxygen atoms in total. The van der Waals surface area contributed by atoms with Gasteiger partial charge in [0.1, 0.15) is 0 Å². The first kappa shape index (κ1) is 18.5. The molecule has 0 saturated carbocycles. The molecular weight excluding hydrogens is 378 g/mol. The van der Waals surface area contributed by atoms with Gasteiger partial charge in [0.2, 0.25) is 0 Å². The van der Waals surface area contributed by atoms with Gasteiger partial charge in [-0.15, -0.1) is 0 Å². The van der Waals surface area contributed by atoms with E-state index in [2.05, 4.69) is 29.8 Å². The van der Waals surface area contributed by atoms with Crippen molar-refractivity contribution in [3.63, 3.8) is 0 Å². The van der Waals surface area contributed by atoms with Crippen molar-refractivity contribution in [3.8, 4) is 0 Å². The molecule has 1 atom stereocenters. The second kappa shape index (κ2) is 7.11. The van der Waals surface area contributed by atoms with Gasteiger partial charge in [-0.1, -0.05) is 20.3 Å². The normalized spacial score (nSPS) is 13.0. The monoisotopic (exact) mass is 395 g/mol. The van der Waals surface area contributed by atoms with Crippen molar-refractivity contribution in [2.45, 2.75) is 32.1 Å². The van der Waals surface area contributed by atoms with Gasteiger partial charge >= 0.3 is 0 Å². The van der Waals surface area contributed by atoms with Crippen molar-refractivity contribution >= 4 is 41.6 Å². The maximum Gasteiger partial charge on any atom is 0.262 e. The number of aryl methyl sites for hydroxylation is 1. The van der Waals surface area contributed by atoms with Gasteiger partial charge in [0.25, 0.3) is 15.0 Å². The molecule has 7 heteroatoms. The van der Waals surface area contributed by atoms with Crippen molar-refractivity contribution < 1.29 is 13.2 Å². The Labute approximate surface area is 139 Å². The minimum Gasteiger partial charge on any atom is -0.341 e. The molecule has 1 aromatic rings. The Kier molecular flexibility index (Phi) is 6.25. The summed E-state index contributed by atoms with van der Waals surface area (Å²) >= 11 is 3.20. The number of hydrogen-bond donors (Lipinski definition) is 0. The van der Waals surface area contributed by atoms with Gasteiger partial charge in [0, 0.05) is 34.3 Å². The largest absolute Gasteiger partial charge is 0.341 e. The second-order valence-corrected chi connectivity index (χ2v) is 8.57. The molecule has 0 heterocycles. The summed E-state index contributed by atoms with van der Waals surface area (Å²) in [6.07, 6.45) is 0.971. The molecule has 0 fully saturated rings. The zero-order valence-electron chi connectivity index (χ0n) is 12.5. The summed E-state index contributed by atoms with van der Waals surface area (Å²) in [5.74, 6) is 0.166. The van der Waals surface area contributed by atoms with E-state index in [1.54, 1.807) is 24.9 Å². The minimum absolute atomic E-state index is 0.0792. The third kappa shape index (κ3) is 4.69. The Hall–Kier alpha value is -0.590. The standard InChI is InChI=1S/C14H19BrClNO3S/c1-5-9(2)8-17(4)14(18)11-6-10(3)13(15)12(7-11)21(16,19)20/h6-7,9H,5,8H2,1-4H3. The Balaban J connectivity index is 3.20. The molecule has 0 aromatic heterocycles. The molecule has 0 aliphatic carbocycles. The second-order valence-electron chi connectivity index (χ2n) is 5.24. The molecule has 118 valence electrons. The van der Waals surface area contributed by atoms with Crippen molar-refractivity contribution in [3.05, 3.63) is 27.7 Å². The predicted octanol–water partition coefficient (Wildman–Crippen LogP) is 3.80. The van der Waals surface area contributed by atoms with Crippen LogP contribution in [0.2, 0.25) is 0 Å². The first-order valence-electron chi connectivity index (χ1n) is 6.58. The topological polar surface area (TPSA) is 54.5 Å². The molecule has 1 amide bonds. The summed E-state index contributed by atoms with van der Waals surface area (Å²) in [5.41, 5.74) is 0.970. The summed E-state index contributed by atoms with van der Waals surface area (Å²) in [6.45, 7) is 6.46. The Morgan fingerprint density at radius 1 is 1.43 bits per heavy atom. The van der Waals surface area contributed by atoms with Gasteiger partial charge < -0.3 is 4.90 Å². The highest BCUT2D eigenvalue weighted by molar-refractivity contribution is 9.10. The van der Waals surface area contributed by atoms with Crippen molar-refractivity contribution in [1.82, 2.24) is 4.90 Å².